The third kappa shape index (κ3) is 4.12. The van der Waals surface area contributed by atoms with Gasteiger partial charge in [-0.15, -0.1) is 22.9 Å². The van der Waals surface area contributed by atoms with Crippen molar-refractivity contribution in [3.8, 4) is 0 Å². The van der Waals surface area contributed by atoms with Gasteiger partial charge in [0.05, 0.1) is 23.4 Å². The molecule has 1 aromatic heterocycles. The number of amides is 1. The van der Waals surface area contributed by atoms with E-state index in [2.05, 4.69) is 16.4 Å². The molecule has 3 aromatic rings. The zero-order valence-corrected chi connectivity index (χ0v) is 14.8. The number of benzene rings is 2. The maximum absolute atomic E-state index is 11.5. The molecule has 0 aliphatic rings. The summed E-state index contributed by atoms with van der Waals surface area (Å²) in [6, 6.07) is 13.9. The highest BCUT2D eigenvalue weighted by Crippen LogP contribution is 2.23. The smallest absolute Gasteiger partial charge is 0.239 e. The Hall–Kier alpha value is -1.95. The monoisotopic (exact) mass is 360 g/mol. The summed E-state index contributed by atoms with van der Waals surface area (Å²) in [5.74, 6) is -0.297. The van der Waals surface area contributed by atoms with Crippen LogP contribution in [0.15, 0.2) is 42.5 Å². The fourth-order valence-electron chi connectivity index (χ4n) is 2.35. The van der Waals surface area contributed by atoms with Crippen molar-refractivity contribution in [1.29, 1.82) is 0 Å². The quantitative estimate of drug-likeness (QED) is 0.658. The molecule has 3 rings (SSSR count). The largest absolute Gasteiger partial charge is 0.370 e. The van der Waals surface area contributed by atoms with Gasteiger partial charge in [-0.2, -0.15) is 0 Å². The van der Waals surface area contributed by atoms with Gasteiger partial charge in [-0.3, -0.25) is 4.79 Å². The van der Waals surface area contributed by atoms with Crippen LogP contribution < -0.4 is 5.32 Å². The average molecular weight is 361 g/mol. The van der Waals surface area contributed by atoms with E-state index >= 15 is 0 Å². The van der Waals surface area contributed by atoms with Crippen molar-refractivity contribution in [3.05, 3.63) is 58.6 Å². The van der Waals surface area contributed by atoms with Gasteiger partial charge in [-0.05, 0) is 30.7 Å². The summed E-state index contributed by atoms with van der Waals surface area (Å²) < 4.78 is 6.95. The number of nitrogens with one attached hydrogen (secondary N) is 1. The number of ether oxygens (including phenoxy) is 1. The minimum absolute atomic E-state index is 0.0695. The van der Waals surface area contributed by atoms with E-state index in [-0.39, 0.29) is 11.8 Å². The lowest BCUT2D eigenvalue weighted by atomic mass is 10.1. The molecule has 0 radical (unpaired) electrons. The fourth-order valence-corrected chi connectivity index (χ4v) is 3.32. The number of nitrogens with zero attached hydrogens (tertiary/aromatic N) is 1. The standard InChI is InChI=1S/C18H17ClN2O2S/c1-12-6-7-13(15(8-12)20-17(22)9-19)10-23-11-18-21-14-4-2-3-5-16(14)24-18/h2-8H,9-11H2,1H3,(H,20,22). The summed E-state index contributed by atoms with van der Waals surface area (Å²) in [5.41, 5.74) is 3.71. The summed E-state index contributed by atoms with van der Waals surface area (Å²) in [7, 11) is 0. The molecule has 0 bridgehead atoms. The number of alkyl halides is 1. The molecule has 0 saturated heterocycles. The van der Waals surface area contributed by atoms with Crippen molar-refractivity contribution >= 4 is 44.7 Å². The first kappa shape index (κ1) is 16.9. The van der Waals surface area contributed by atoms with Crippen LogP contribution in [0, 0.1) is 6.92 Å². The number of para-hydroxylation sites is 1. The maximum Gasteiger partial charge on any atom is 0.239 e. The summed E-state index contributed by atoms with van der Waals surface area (Å²) in [5, 5.41) is 3.75. The van der Waals surface area contributed by atoms with E-state index < -0.39 is 0 Å². The minimum atomic E-state index is -0.227. The number of anilines is 1. The topological polar surface area (TPSA) is 51.2 Å². The Balaban J connectivity index is 1.66. The number of halogens is 1. The molecule has 0 aliphatic heterocycles. The van der Waals surface area contributed by atoms with E-state index in [1.54, 1.807) is 11.3 Å². The highest BCUT2D eigenvalue weighted by atomic mass is 35.5. The average Bonchev–Trinajstić information content (AvgIpc) is 2.99. The van der Waals surface area contributed by atoms with Gasteiger partial charge in [-0.25, -0.2) is 4.98 Å². The molecule has 0 fully saturated rings. The Bertz CT molecular complexity index is 830. The lowest BCUT2D eigenvalue weighted by Crippen LogP contribution is -2.14. The summed E-state index contributed by atoms with van der Waals surface area (Å²) >= 11 is 7.20. The molecule has 6 heteroatoms. The lowest BCUT2D eigenvalue weighted by molar-refractivity contribution is -0.113. The molecule has 0 spiro atoms. The van der Waals surface area contributed by atoms with Gasteiger partial charge in [0.25, 0.3) is 0 Å². The molecule has 1 heterocycles. The van der Waals surface area contributed by atoms with Crippen LogP contribution in [0.3, 0.4) is 0 Å². The predicted molar refractivity (Wildman–Crippen MR) is 98.6 cm³/mol. The molecule has 4 nitrogen and oxygen atoms in total. The van der Waals surface area contributed by atoms with Crippen LogP contribution in [0.1, 0.15) is 16.1 Å². The number of hydrogen-bond acceptors (Lipinski definition) is 4. The third-order valence-electron chi connectivity index (χ3n) is 3.48. The molecule has 1 amide bonds. The van der Waals surface area contributed by atoms with Crippen molar-refractivity contribution < 1.29 is 9.53 Å². The number of aromatic nitrogens is 1. The number of thiazole rings is 1. The molecule has 0 aliphatic carbocycles. The van der Waals surface area contributed by atoms with E-state index in [0.29, 0.717) is 13.2 Å². The van der Waals surface area contributed by atoms with Gasteiger partial charge in [0.15, 0.2) is 0 Å². The number of hydrogen-bond donors (Lipinski definition) is 1. The van der Waals surface area contributed by atoms with Crippen molar-refractivity contribution in [2.24, 2.45) is 0 Å². The van der Waals surface area contributed by atoms with Gasteiger partial charge < -0.3 is 10.1 Å². The van der Waals surface area contributed by atoms with Crippen LogP contribution in [0.4, 0.5) is 5.69 Å². The lowest BCUT2D eigenvalue weighted by Gasteiger charge is -2.11. The third-order valence-corrected chi connectivity index (χ3v) is 4.73. The van der Waals surface area contributed by atoms with Gasteiger partial charge >= 0.3 is 0 Å². The van der Waals surface area contributed by atoms with Gasteiger partial charge in [-0.1, -0.05) is 24.3 Å². The highest BCUT2D eigenvalue weighted by Gasteiger charge is 2.08. The molecule has 0 saturated carbocycles. The predicted octanol–water partition coefficient (Wildman–Crippen LogP) is 4.50. The second-order valence-corrected chi connectivity index (χ2v) is 6.79. The van der Waals surface area contributed by atoms with Crippen molar-refractivity contribution in [1.82, 2.24) is 4.98 Å². The van der Waals surface area contributed by atoms with Crippen LogP contribution in [0.2, 0.25) is 0 Å². The second-order valence-electron chi connectivity index (χ2n) is 5.41. The zero-order chi connectivity index (χ0) is 16.9. The van der Waals surface area contributed by atoms with Crippen LogP contribution >= 0.6 is 22.9 Å². The molecule has 0 atom stereocenters. The molecule has 2 aromatic carbocycles. The minimum Gasteiger partial charge on any atom is -0.370 e. The molecular formula is C18H17ClN2O2S. The fraction of sp³-hybridized carbons (Fsp3) is 0.222. The van der Waals surface area contributed by atoms with Crippen molar-refractivity contribution in [3.63, 3.8) is 0 Å². The number of carbonyl (C=O) groups excluding carboxylic acids is 1. The Kier molecular flexibility index (Phi) is 5.45. The van der Waals surface area contributed by atoms with Crippen LogP contribution in [0.25, 0.3) is 10.2 Å². The Morgan fingerprint density at radius 1 is 1.25 bits per heavy atom. The van der Waals surface area contributed by atoms with Gasteiger partial charge in [0.1, 0.15) is 10.9 Å². The van der Waals surface area contributed by atoms with E-state index in [1.807, 2.05) is 43.3 Å². The zero-order valence-electron chi connectivity index (χ0n) is 13.2. The summed E-state index contributed by atoms with van der Waals surface area (Å²) in [4.78, 5) is 16.1. The number of carbonyl (C=O) groups is 1. The first-order valence-corrected chi connectivity index (χ1v) is 8.88. The van der Waals surface area contributed by atoms with Crippen molar-refractivity contribution in [2.75, 3.05) is 11.2 Å². The SMILES string of the molecule is Cc1ccc(COCc2nc3ccccc3s2)c(NC(=O)CCl)c1. The molecule has 0 unspecified atom stereocenters. The highest BCUT2D eigenvalue weighted by molar-refractivity contribution is 7.18. The normalized spacial score (nSPS) is 10.9. The van der Waals surface area contributed by atoms with E-state index in [1.165, 1.54) is 0 Å². The van der Waals surface area contributed by atoms with E-state index in [4.69, 9.17) is 16.3 Å². The Labute approximate surface area is 149 Å². The maximum atomic E-state index is 11.5. The van der Waals surface area contributed by atoms with Crippen LogP contribution in [-0.4, -0.2) is 16.8 Å². The van der Waals surface area contributed by atoms with Crippen molar-refractivity contribution in [2.45, 2.75) is 20.1 Å². The summed E-state index contributed by atoms with van der Waals surface area (Å²) in [6.07, 6.45) is 0. The molecule has 1 N–H and O–H groups in total. The van der Waals surface area contributed by atoms with Gasteiger partial charge in [0.2, 0.25) is 5.91 Å². The second kappa shape index (κ2) is 7.75. The number of rotatable bonds is 6. The molecule has 124 valence electrons. The van der Waals surface area contributed by atoms with Gasteiger partial charge in [0, 0.05) is 11.3 Å². The molecular weight excluding hydrogens is 344 g/mol. The molecule has 24 heavy (non-hydrogen) atoms. The first-order valence-electron chi connectivity index (χ1n) is 7.53. The van der Waals surface area contributed by atoms with Crippen LogP contribution in [-0.2, 0) is 22.7 Å². The number of fused-ring (bicyclic) bond motifs is 1. The summed E-state index contributed by atoms with van der Waals surface area (Å²) in [6.45, 7) is 2.81. The Morgan fingerprint density at radius 3 is 2.88 bits per heavy atom. The number of aryl methyl sites for hydroxylation is 1. The van der Waals surface area contributed by atoms with E-state index in [9.17, 15) is 4.79 Å². The first-order chi connectivity index (χ1) is 11.7. The van der Waals surface area contributed by atoms with E-state index in [0.717, 1.165) is 32.0 Å². The Morgan fingerprint density at radius 2 is 2.08 bits per heavy atom. The van der Waals surface area contributed by atoms with Crippen LogP contribution in [0.5, 0.6) is 0 Å².